The van der Waals surface area contributed by atoms with Gasteiger partial charge in [-0.05, 0) is 24.3 Å². The van der Waals surface area contributed by atoms with Crippen LogP contribution in [0.15, 0.2) is 67.1 Å². The highest BCUT2D eigenvalue weighted by molar-refractivity contribution is 6.33. The van der Waals surface area contributed by atoms with Gasteiger partial charge in [0.1, 0.15) is 5.75 Å². The van der Waals surface area contributed by atoms with Gasteiger partial charge in [-0.15, -0.1) is 0 Å². The zero-order valence-corrected chi connectivity index (χ0v) is 17.1. The first-order chi connectivity index (χ1) is 14.5. The Morgan fingerprint density at radius 1 is 0.967 bits per heavy atom. The van der Waals surface area contributed by atoms with Crippen LogP contribution in [0, 0.1) is 0 Å². The molecule has 2 heterocycles. The molecular formula is C22H19ClN4O3. The van der Waals surface area contributed by atoms with E-state index in [9.17, 15) is 9.59 Å². The van der Waals surface area contributed by atoms with Crippen LogP contribution in [0.1, 0.15) is 20.7 Å². The fourth-order valence-electron chi connectivity index (χ4n) is 3.35. The number of nitrogens with zero attached hydrogens (tertiary/aromatic N) is 2. The zero-order chi connectivity index (χ0) is 21.3. The fourth-order valence-corrected chi connectivity index (χ4v) is 3.61. The number of ether oxygens (including phenoxy) is 1. The normalized spacial score (nSPS) is 10.8. The minimum Gasteiger partial charge on any atom is -0.496 e. The number of hydrazine groups is 1. The van der Waals surface area contributed by atoms with E-state index in [2.05, 4.69) is 10.9 Å². The van der Waals surface area contributed by atoms with Gasteiger partial charge >= 0.3 is 0 Å². The van der Waals surface area contributed by atoms with Gasteiger partial charge in [-0.3, -0.25) is 20.4 Å². The molecule has 0 spiro atoms. The Labute approximate surface area is 177 Å². The van der Waals surface area contributed by atoms with Crippen LogP contribution in [0.25, 0.3) is 16.6 Å². The van der Waals surface area contributed by atoms with E-state index in [4.69, 9.17) is 16.3 Å². The van der Waals surface area contributed by atoms with Crippen LogP contribution in [-0.2, 0) is 7.05 Å². The molecule has 0 aliphatic carbocycles. The minimum atomic E-state index is -0.540. The van der Waals surface area contributed by atoms with Crippen molar-refractivity contribution < 1.29 is 14.3 Å². The van der Waals surface area contributed by atoms with Crippen molar-refractivity contribution in [1.29, 1.82) is 0 Å². The number of hydrogen-bond donors (Lipinski definition) is 2. The first-order valence-corrected chi connectivity index (χ1v) is 9.53. The monoisotopic (exact) mass is 422 g/mol. The van der Waals surface area contributed by atoms with E-state index >= 15 is 0 Å². The number of para-hydroxylation sites is 1. The Kier molecular flexibility index (Phi) is 5.20. The molecule has 4 aromatic rings. The molecule has 2 amide bonds. The van der Waals surface area contributed by atoms with Gasteiger partial charge in [-0.1, -0.05) is 29.8 Å². The second kappa shape index (κ2) is 7.96. The molecule has 2 aromatic heterocycles. The maximum Gasteiger partial charge on any atom is 0.273 e. The number of aryl methyl sites for hydroxylation is 1. The van der Waals surface area contributed by atoms with Crippen LogP contribution in [0.4, 0.5) is 0 Å². The van der Waals surface area contributed by atoms with Gasteiger partial charge in [-0.2, -0.15) is 0 Å². The largest absolute Gasteiger partial charge is 0.496 e. The van der Waals surface area contributed by atoms with Crippen molar-refractivity contribution in [1.82, 2.24) is 20.0 Å². The van der Waals surface area contributed by atoms with Crippen LogP contribution in [0.2, 0.25) is 5.02 Å². The highest BCUT2D eigenvalue weighted by Crippen LogP contribution is 2.30. The molecular weight excluding hydrogens is 404 g/mol. The van der Waals surface area contributed by atoms with E-state index in [1.807, 2.05) is 65.0 Å². The van der Waals surface area contributed by atoms with Gasteiger partial charge in [0.05, 0.1) is 28.9 Å². The summed E-state index contributed by atoms with van der Waals surface area (Å²) in [5.41, 5.74) is 7.15. The molecule has 0 saturated heterocycles. The highest BCUT2D eigenvalue weighted by Gasteiger charge is 2.19. The molecule has 7 nitrogen and oxygen atoms in total. The maximum atomic E-state index is 12.7. The third kappa shape index (κ3) is 3.51. The van der Waals surface area contributed by atoms with Crippen molar-refractivity contribution in [2.45, 2.75) is 0 Å². The standard InChI is InChI=1S/C22H19ClN4O3/c1-26-13-16(14-7-3-4-8-18(14)26)22(29)25-24-21(28)15-11-17(23)19(12-20(15)30-2)27-9-5-6-10-27/h3-13H,1-2H3,(H,24,28)(H,25,29). The van der Waals surface area contributed by atoms with Crippen LogP contribution >= 0.6 is 11.6 Å². The molecule has 4 rings (SSSR count). The number of fused-ring (bicyclic) bond motifs is 1. The van der Waals surface area contributed by atoms with E-state index in [0.29, 0.717) is 22.0 Å². The SMILES string of the molecule is COc1cc(-n2cccc2)c(Cl)cc1C(=O)NNC(=O)c1cn(C)c2ccccc12. The summed E-state index contributed by atoms with van der Waals surface area (Å²) >= 11 is 6.37. The first-order valence-electron chi connectivity index (χ1n) is 9.15. The van der Waals surface area contributed by atoms with Crippen molar-refractivity contribution in [3.05, 3.63) is 83.3 Å². The van der Waals surface area contributed by atoms with Crippen LogP contribution in [0.3, 0.4) is 0 Å². The summed E-state index contributed by atoms with van der Waals surface area (Å²) < 4.78 is 9.03. The third-order valence-electron chi connectivity index (χ3n) is 4.83. The number of amides is 2. The average molecular weight is 423 g/mol. The molecule has 8 heteroatoms. The van der Waals surface area contributed by atoms with Crippen molar-refractivity contribution in [3.63, 3.8) is 0 Å². The first kappa shape index (κ1) is 19.6. The van der Waals surface area contributed by atoms with Gasteiger partial charge in [-0.25, -0.2) is 0 Å². The van der Waals surface area contributed by atoms with E-state index < -0.39 is 11.8 Å². The predicted molar refractivity (Wildman–Crippen MR) is 115 cm³/mol. The summed E-state index contributed by atoms with van der Waals surface area (Å²) in [6.07, 6.45) is 5.39. The van der Waals surface area contributed by atoms with Crippen LogP contribution in [0.5, 0.6) is 5.75 Å². The van der Waals surface area contributed by atoms with Gasteiger partial charge in [0.2, 0.25) is 0 Å². The third-order valence-corrected chi connectivity index (χ3v) is 5.13. The molecule has 152 valence electrons. The topological polar surface area (TPSA) is 77.3 Å². The number of methoxy groups -OCH3 is 1. The molecule has 2 N–H and O–H groups in total. The Morgan fingerprint density at radius 3 is 2.33 bits per heavy atom. The van der Waals surface area contributed by atoms with Crippen molar-refractivity contribution in [3.8, 4) is 11.4 Å². The van der Waals surface area contributed by atoms with E-state index in [1.165, 1.54) is 13.2 Å². The molecule has 0 aliphatic rings. The second-order valence-electron chi connectivity index (χ2n) is 6.67. The summed E-state index contributed by atoms with van der Waals surface area (Å²) in [7, 11) is 3.32. The van der Waals surface area contributed by atoms with Crippen LogP contribution < -0.4 is 15.6 Å². The number of benzene rings is 2. The molecule has 0 unspecified atom stereocenters. The van der Waals surface area contributed by atoms with Crippen LogP contribution in [-0.4, -0.2) is 28.1 Å². The van der Waals surface area contributed by atoms with E-state index in [0.717, 1.165) is 10.9 Å². The number of nitrogens with one attached hydrogen (secondary N) is 2. The van der Waals surface area contributed by atoms with Crippen molar-refractivity contribution >= 4 is 34.3 Å². The lowest BCUT2D eigenvalue weighted by Crippen LogP contribution is -2.41. The fraction of sp³-hybridized carbons (Fsp3) is 0.0909. The zero-order valence-electron chi connectivity index (χ0n) is 16.3. The minimum absolute atomic E-state index is 0.205. The number of hydrogen-bond acceptors (Lipinski definition) is 3. The van der Waals surface area contributed by atoms with Gasteiger partial charge in [0, 0.05) is 42.6 Å². The molecule has 0 aliphatic heterocycles. The van der Waals surface area contributed by atoms with Crippen molar-refractivity contribution in [2.75, 3.05) is 7.11 Å². The quantitative estimate of drug-likeness (QED) is 0.492. The Balaban J connectivity index is 1.55. The lowest BCUT2D eigenvalue weighted by Gasteiger charge is -2.14. The Morgan fingerprint density at radius 2 is 1.63 bits per heavy atom. The molecule has 0 radical (unpaired) electrons. The van der Waals surface area contributed by atoms with Crippen molar-refractivity contribution in [2.24, 2.45) is 7.05 Å². The molecule has 0 bridgehead atoms. The van der Waals surface area contributed by atoms with Gasteiger partial charge in [0.15, 0.2) is 0 Å². The summed E-state index contributed by atoms with van der Waals surface area (Å²) in [4.78, 5) is 25.3. The van der Waals surface area contributed by atoms with Gasteiger partial charge in [0.25, 0.3) is 11.8 Å². The average Bonchev–Trinajstić information content (AvgIpc) is 3.40. The molecule has 0 atom stereocenters. The Bertz CT molecular complexity index is 1240. The number of carbonyl (C=O) groups excluding carboxylic acids is 2. The summed E-state index contributed by atoms with van der Waals surface area (Å²) in [5, 5.41) is 1.17. The maximum absolute atomic E-state index is 12.7. The lowest BCUT2D eigenvalue weighted by atomic mass is 10.1. The number of halogens is 1. The summed E-state index contributed by atoms with van der Waals surface area (Å²) in [5.74, 6) is -0.629. The molecule has 2 aromatic carbocycles. The lowest BCUT2D eigenvalue weighted by molar-refractivity contribution is 0.0845. The van der Waals surface area contributed by atoms with E-state index in [-0.39, 0.29) is 5.56 Å². The number of carbonyl (C=O) groups is 2. The number of rotatable bonds is 4. The van der Waals surface area contributed by atoms with E-state index in [1.54, 1.807) is 12.3 Å². The smallest absolute Gasteiger partial charge is 0.273 e. The second-order valence-corrected chi connectivity index (χ2v) is 7.08. The molecule has 30 heavy (non-hydrogen) atoms. The highest BCUT2D eigenvalue weighted by atomic mass is 35.5. The predicted octanol–water partition coefficient (Wildman–Crippen LogP) is 3.71. The Hall–Kier alpha value is -3.71. The molecule has 0 saturated carbocycles. The summed E-state index contributed by atoms with van der Waals surface area (Å²) in [6.45, 7) is 0. The van der Waals surface area contributed by atoms with Gasteiger partial charge < -0.3 is 13.9 Å². The molecule has 0 fully saturated rings. The number of aromatic nitrogens is 2. The summed E-state index contributed by atoms with van der Waals surface area (Å²) in [6, 6.07) is 14.5.